The summed E-state index contributed by atoms with van der Waals surface area (Å²) in [5.74, 6) is 0.156. The Labute approximate surface area is 188 Å². The number of aryl methyl sites for hydroxylation is 2. The number of benzene rings is 2. The van der Waals surface area contributed by atoms with Crippen molar-refractivity contribution < 1.29 is 14.3 Å². The predicted octanol–water partition coefficient (Wildman–Crippen LogP) is 4.01. The number of nitrogens with zero attached hydrogens (tertiary/aromatic N) is 3. The van der Waals surface area contributed by atoms with Gasteiger partial charge in [-0.2, -0.15) is 5.10 Å². The second-order valence-corrected chi connectivity index (χ2v) is 7.53. The largest absolute Gasteiger partial charge is 0.457 e. The topological polar surface area (TPSA) is 76.5 Å². The first-order chi connectivity index (χ1) is 14.8. The summed E-state index contributed by atoms with van der Waals surface area (Å²) in [7, 11) is 1.68. The Morgan fingerprint density at radius 1 is 1.06 bits per heavy atom. The van der Waals surface area contributed by atoms with Gasteiger partial charge in [0.05, 0.1) is 11.4 Å². The van der Waals surface area contributed by atoms with Crippen LogP contribution in [0.5, 0.6) is 11.5 Å². The Bertz CT molecular complexity index is 1220. The molecule has 31 heavy (non-hydrogen) atoms. The SMILES string of the molecule is Cc1nn(C)c(Cl)c1/C=C1\C(=O)NC(=S)N(c2ccc(Oc3ccccc3)cc2)C1=O. The number of halogens is 1. The third-order valence-electron chi connectivity index (χ3n) is 4.66. The normalized spacial score (nSPS) is 15.4. The van der Waals surface area contributed by atoms with E-state index in [1.54, 1.807) is 38.2 Å². The van der Waals surface area contributed by atoms with Gasteiger partial charge >= 0.3 is 0 Å². The van der Waals surface area contributed by atoms with Crippen LogP contribution in [-0.2, 0) is 16.6 Å². The van der Waals surface area contributed by atoms with Gasteiger partial charge in [-0.1, -0.05) is 29.8 Å². The molecular weight excluding hydrogens is 436 g/mol. The molecule has 0 unspecified atom stereocenters. The lowest BCUT2D eigenvalue weighted by molar-refractivity contribution is -0.122. The van der Waals surface area contributed by atoms with Gasteiger partial charge in [0.15, 0.2) is 5.11 Å². The standard InChI is InChI=1S/C22H17ClN4O3S/c1-13-17(19(23)26(2)25-13)12-18-20(28)24-22(31)27(21(18)29)14-8-10-16(11-9-14)30-15-6-4-3-5-7-15/h3-12H,1-2H3,(H,24,28,31)/b18-12+. The maximum Gasteiger partial charge on any atom is 0.270 e. The number of anilines is 1. The number of ether oxygens (including phenoxy) is 1. The van der Waals surface area contributed by atoms with Crippen LogP contribution in [0.4, 0.5) is 5.69 Å². The number of hydrogen-bond acceptors (Lipinski definition) is 5. The van der Waals surface area contributed by atoms with Crippen molar-refractivity contribution in [2.24, 2.45) is 7.05 Å². The van der Waals surface area contributed by atoms with Crippen molar-refractivity contribution >= 4 is 52.5 Å². The quantitative estimate of drug-likeness (QED) is 0.368. The molecule has 4 rings (SSSR count). The molecule has 0 radical (unpaired) electrons. The minimum Gasteiger partial charge on any atom is -0.457 e. The molecule has 1 fully saturated rings. The second-order valence-electron chi connectivity index (χ2n) is 6.78. The summed E-state index contributed by atoms with van der Waals surface area (Å²) in [6.45, 7) is 1.75. The number of hydrogen-bond donors (Lipinski definition) is 1. The summed E-state index contributed by atoms with van der Waals surface area (Å²) in [4.78, 5) is 26.9. The molecule has 1 aromatic heterocycles. The molecule has 1 N–H and O–H groups in total. The van der Waals surface area contributed by atoms with E-state index in [0.717, 1.165) is 0 Å². The van der Waals surface area contributed by atoms with Crippen molar-refractivity contribution in [3.8, 4) is 11.5 Å². The van der Waals surface area contributed by atoms with Crippen LogP contribution in [0, 0.1) is 6.92 Å². The highest BCUT2D eigenvalue weighted by Crippen LogP contribution is 2.28. The number of amides is 2. The Morgan fingerprint density at radius 2 is 1.71 bits per heavy atom. The zero-order valence-electron chi connectivity index (χ0n) is 16.6. The van der Waals surface area contributed by atoms with Crippen LogP contribution in [0.2, 0.25) is 5.15 Å². The van der Waals surface area contributed by atoms with E-state index in [4.69, 9.17) is 28.6 Å². The van der Waals surface area contributed by atoms with E-state index in [-0.39, 0.29) is 10.7 Å². The summed E-state index contributed by atoms with van der Waals surface area (Å²) < 4.78 is 7.25. The zero-order valence-corrected chi connectivity index (χ0v) is 18.2. The van der Waals surface area contributed by atoms with Crippen molar-refractivity contribution in [1.82, 2.24) is 15.1 Å². The molecular formula is C22H17ClN4O3S. The number of carbonyl (C=O) groups is 2. The number of thiocarbonyl (C=S) groups is 1. The van der Waals surface area contributed by atoms with E-state index in [0.29, 0.717) is 33.6 Å². The number of nitrogens with one attached hydrogen (secondary N) is 1. The van der Waals surface area contributed by atoms with E-state index in [1.807, 2.05) is 30.3 Å². The summed E-state index contributed by atoms with van der Waals surface area (Å²) >= 11 is 11.5. The minimum absolute atomic E-state index is 0.00196. The van der Waals surface area contributed by atoms with E-state index >= 15 is 0 Å². The first-order valence-corrected chi connectivity index (χ1v) is 10.1. The van der Waals surface area contributed by atoms with Crippen LogP contribution in [0.25, 0.3) is 6.08 Å². The molecule has 0 spiro atoms. The third kappa shape index (κ3) is 4.08. The minimum atomic E-state index is -0.588. The van der Waals surface area contributed by atoms with Crippen molar-refractivity contribution in [3.05, 3.63) is 76.6 Å². The fourth-order valence-electron chi connectivity index (χ4n) is 3.13. The maximum absolute atomic E-state index is 13.2. The molecule has 3 aromatic rings. The Hall–Kier alpha value is -3.49. The van der Waals surface area contributed by atoms with Crippen LogP contribution in [0.3, 0.4) is 0 Å². The summed E-state index contributed by atoms with van der Waals surface area (Å²) in [5, 5.41) is 7.09. The lowest BCUT2D eigenvalue weighted by Gasteiger charge is -2.29. The molecule has 9 heteroatoms. The van der Waals surface area contributed by atoms with Gasteiger partial charge < -0.3 is 4.74 Å². The van der Waals surface area contributed by atoms with Crippen LogP contribution in [0.15, 0.2) is 60.2 Å². The average Bonchev–Trinajstić information content (AvgIpc) is 2.98. The molecule has 2 amide bonds. The van der Waals surface area contributed by atoms with Gasteiger partial charge in [-0.3, -0.25) is 24.5 Å². The molecule has 1 saturated heterocycles. The van der Waals surface area contributed by atoms with Gasteiger partial charge in [-0.25, -0.2) is 0 Å². The van der Waals surface area contributed by atoms with Gasteiger partial charge in [-0.15, -0.1) is 0 Å². The highest BCUT2D eigenvalue weighted by Gasteiger charge is 2.35. The number of para-hydroxylation sites is 1. The molecule has 1 aliphatic rings. The van der Waals surface area contributed by atoms with E-state index in [1.165, 1.54) is 15.7 Å². The number of carbonyl (C=O) groups excluding carboxylic acids is 2. The molecule has 7 nitrogen and oxygen atoms in total. The zero-order chi connectivity index (χ0) is 22.1. The highest BCUT2D eigenvalue weighted by molar-refractivity contribution is 7.80. The highest BCUT2D eigenvalue weighted by atomic mass is 35.5. The van der Waals surface area contributed by atoms with Crippen LogP contribution < -0.4 is 15.0 Å². The fourth-order valence-corrected chi connectivity index (χ4v) is 3.64. The molecule has 0 saturated carbocycles. The average molecular weight is 453 g/mol. The first-order valence-electron chi connectivity index (χ1n) is 9.28. The number of aromatic nitrogens is 2. The predicted molar refractivity (Wildman–Crippen MR) is 122 cm³/mol. The smallest absolute Gasteiger partial charge is 0.270 e. The van der Waals surface area contributed by atoms with Crippen LogP contribution >= 0.6 is 23.8 Å². The van der Waals surface area contributed by atoms with Gasteiger partial charge in [0, 0.05) is 12.6 Å². The Balaban J connectivity index is 1.63. The Kier molecular flexibility index (Phi) is 5.58. The molecule has 0 aliphatic carbocycles. The van der Waals surface area contributed by atoms with Crippen molar-refractivity contribution in [3.63, 3.8) is 0 Å². The molecule has 0 atom stereocenters. The monoisotopic (exact) mass is 452 g/mol. The summed E-state index contributed by atoms with van der Waals surface area (Å²) in [5.41, 5.74) is 1.51. The van der Waals surface area contributed by atoms with Crippen molar-refractivity contribution in [2.45, 2.75) is 6.92 Å². The van der Waals surface area contributed by atoms with Crippen LogP contribution in [-0.4, -0.2) is 26.7 Å². The first kappa shape index (κ1) is 20.8. The van der Waals surface area contributed by atoms with E-state index in [2.05, 4.69) is 10.4 Å². The fraction of sp³-hybridized carbons (Fsp3) is 0.0909. The second kappa shape index (κ2) is 8.33. The third-order valence-corrected chi connectivity index (χ3v) is 5.39. The maximum atomic E-state index is 13.2. The van der Waals surface area contributed by atoms with Gasteiger partial charge in [0.25, 0.3) is 11.8 Å². The Morgan fingerprint density at radius 3 is 2.32 bits per heavy atom. The van der Waals surface area contributed by atoms with Gasteiger partial charge in [0.2, 0.25) is 0 Å². The molecule has 0 bridgehead atoms. The van der Waals surface area contributed by atoms with Gasteiger partial charge in [0.1, 0.15) is 22.2 Å². The lowest BCUT2D eigenvalue weighted by Crippen LogP contribution is -2.54. The van der Waals surface area contributed by atoms with E-state index in [9.17, 15) is 9.59 Å². The summed E-state index contributed by atoms with van der Waals surface area (Å²) in [6, 6.07) is 16.2. The van der Waals surface area contributed by atoms with E-state index < -0.39 is 11.8 Å². The summed E-state index contributed by atoms with van der Waals surface area (Å²) in [6.07, 6.45) is 1.43. The molecule has 2 heterocycles. The van der Waals surface area contributed by atoms with Crippen LogP contribution in [0.1, 0.15) is 11.3 Å². The molecule has 2 aromatic carbocycles. The lowest BCUT2D eigenvalue weighted by atomic mass is 10.1. The van der Waals surface area contributed by atoms with Crippen molar-refractivity contribution in [2.75, 3.05) is 4.90 Å². The van der Waals surface area contributed by atoms with Gasteiger partial charge in [-0.05, 0) is 61.6 Å². The number of rotatable bonds is 4. The molecule has 1 aliphatic heterocycles. The van der Waals surface area contributed by atoms with Crippen molar-refractivity contribution in [1.29, 1.82) is 0 Å². The molecule has 156 valence electrons.